The Bertz CT molecular complexity index is 802. The summed E-state index contributed by atoms with van der Waals surface area (Å²) in [5.41, 5.74) is -0.356. The molecule has 0 atom stereocenters. The summed E-state index contributed by atoms with van der Waals surface area (Å²) in [6, 6.07) is 1.45. The molecule has 1 amide bonds. The molecule has 20 heavy (non-hydrogen) atoms. The number of carbonyl (C=O) groups is 1. The van der Waals surface area contributed by atoms with E-state index in [1.54, 1.807) is 0 Å². The number of hydrogen-bond acceptors (Lipinski definition) is 4. The monoisotopic (exact) mass is 276 g/mol. The molecule has 2 aromatic heterocycles. The van der Waals surface area contributed by atoms with E-state index < -0.39 is 11.2 Å². The largest absolute Gasteiger partial charge is 0.350 e. The quantitative estimate of drug-likeness (QED) is 0.821. The molecule has 7 nitrogen and oxygen atoms in total. The predicted octanol–water partition coefficient (Wildman–Crippen LogP) is -0.230. The van der Waals surface area contributed by atoms with Gasteiger partial charge in [0.1, 0.15) is 5.65 Å². The van der Waals surface area contributed by atoms with Crippen LogP contribution in [-0.4, -0.2) is 26.1 Å². The minimum absolute atomic E-state index is 0.0128. The van der Waals surface area contributed by atoms with Crippen molar-refractivity contribution in [3.63, 3.8) is 0 Å². The maximum atomic E-state index is 12.1. The number of rotatable bonds is 2. The number of aromatic nitrogens is 3. The number of aryl methyl sites for hydroxylation is 1. The standard InChI is InChI=1S/C13H16N4O3/c1-7(2)15-11(18)8-5-9-10(14-6-8)16(3)13(20)17(4)12(9)19/h5-7H,1-4H3,(H,15,18). The average Bonchev–Trinajstić information content (AvgIpc) is 2.41. The summed E-state index contributed by atoms with van der Waals surface area (Å²) in [5.74, 6) is -0.301. The Kier molecular flexibility index (Phi) is 3.44. The molecule has 0 spiro atoms. The number of carbonyl (C=O) groups excluding carboxylic acids is 1. The third-order valence-corrected chi connectivity index (χ3v) is 2.98. The van der Waals surface area contributed by atoms with Crippen LogP contribution in [0.3, 0.4) is 0 Å². The highest BCUT2D eigenvalue weighted by Crippen LogP contribution is 2.07. The highest BCUT2D eigenvalue weighted by molar-refractivity contribution is 5.96. The van der Waals surface area contributed by atoms with Gasteiger partial charge < -0.3 is 5.32 Å². The van der Waals surface area contributed by atoms with Crippen molar-refractivity contribution in [3.05, 3.63) is 38.7 Å². The zero-order valence-corrected chi connectivity index (χ0v) is 11.8. The van der Waals surface area contributed by atoms with E-state index in [1.807, 2.05) is 13.8 Å². The molecular weight excluding hydrogens is 260 g/mol. The second-order valence-corrected chi connectivity index (χ2v) is 4.93. The van der Waals surface area contributed by atoms with Gasteiger partial charge in [-0.25, -0.2) is 9.78 Å². The molecule has 2 heterocycles. The molecule has 0 saturated heterocycles. The first-order valence-corrected chi connectivity index (χ1v) is 6.19. The van der Waals surface area contributed by atoms with Crippen molar-refractivity contribution in [2.24, 2.45) is 14.1 Å². The Morgan fingerprint density at radius 3 is 2.50 bits per heavy atom. The van der Waals surface area contributed by atoms with Crippen molar-refractivity contribution in [3.8, 4) is 0 Å². The van der Waals surface area contributed by atoms with Crippen LogP contribution in [0.5, 0.6) is 0 Å². The fourth-order valence-electron chi connectivity index (χ4n) is 1.94. The van der Waals surface area contributed by atoms with Crippen molar-refractivity contribution < 1.29 is 4.79 Å². The van der Waals surface area contributed by atoms with E-state index in [2.05, 4.69) is 10.3 Å². The molecule has 0 aliphatic rings. The van der Waals surface area contributed by atoms with Crippen LogP contribution < -0.4 is 16.6 Å². The first-order valence-electron chi connectivity index (χ1n) is 6.19. The Morgan fingerprint density at radius 1 is 1.25 bits per heavy atom. The van der Waals surface area contributed by atoms with Crippen molar-refractivity contribution in [2.75, 3.05) is 0 Å². The molecule has 0 radical (unpaired) electrons. The summed E-state index contributed by atoms with van der Waals surface area (Å²) in [6.45, 7) is 3.68. The van der Waals surface area contributed by atoms with Crippen LogP contribution in [0.25, 0.3) is 11.0 Å². The number of fused-ring (bicyclic) bond motifs is 1. The smallest absolute Gasteiger partial charge is 0.332 e. The SMILES string of the molecule is CC(C)NC(=O)c1cnc2c(c1)c(=O)n(C)c(=O)n2C. The van der Waals surface area contributed by atoms with Gasteiger partial charge in [0.05, 0.1) is 10.9 Å². The lowest BCUT2D eigenvalue weighted by atomic mass is 10.2. The van der Waals surface area contributed by atoms with Gasteiger partial charge in [-0.05, 0) is 19.9 Å². The van der Waals surface area contributed by atoms with Gasteiger partial charge in [-0.3, -0.25) is 18.7 Å². The normalized spacial score (nSPS) is 11.1. The molecule has 0 bridgehead atoms. The summed E-state index contributed by atoms with van der Waals surface area (Å²) in [4.78, 5) is 39.8. The average molecular weight is 276 g/mol. The van der Waals surface area contributed by atoms with E-state index in [0.29, 0.717) is 5.56 Å². The third-order valence-electron chi connectivity index (χ3n) is 2.98. The van der Waals surface area contributed by atoms with Crippen LogP contribution in [0, 0.1) is 0 Å². The number of amides is 1. The van der Waals surface area contributed by atoms with Crippen LogP contribution >= 0.6 is 0 Å². The van der Waals surface area contributed by atoms with Gasteiger partial charge in [0.15, 0.2) is 0 Å². The van der Waals surface area contributed by atoms with Gasteiger partial charge in [-0.1, -0.05) is 0 Å². The Hall–Kier alpha value is -2.44. The maximum absolute atomic E-state index is 12.1. The van der Waals surface area contributed by atoms with E-state index in [9.17, 15) is 14.4 Å². The molecule has 0 aliphatic heterocycles. The van der Waals surface area contributed by atoms with Crippen molar-refractivity contribution in [2.45, 2.75) is 19.9 Å². The maximum Gasteiger partial charge on any atom is 0.332 e. The van der Waals surface area contributed by atoms with Crippen molar-refractivity contribution >= 4 is 16.9 Å². The third kappa shape index (κ3) is 2.22. The molecule has 2 rings (SSSR count). The molecule has 1 N–H and O–H groups in total. The van der Waals surface area contributed by atoms with E-state index in [4.69, 9.17) is 0 Å². The molecule has 0 saturated carbocycles. The molecule has 0 fully saturated rings. The summed E-state index contributed by atoms with van der Waals surface area (Å²) >= 11 is 0. The van der Waals surface area contributed by atoms with Gasteiger partial charge in [-0.2, -0.15) is 0 Å². The van der Waals surface area contributed by atoms with Crippen molar-refractivity contribution in [1.29, 1.82) is 0 Å². The van der Waals surface area contributed by atoms with Gasteiger partial charge >= 0.3 is 5.69 Å². The number of nitrogens with one attached hydrogen (secondary N) is 1. The molecule has 0 aromatic carbocycles. The molecular formula is C13H16N4O3. The lowest BCUT2D eigenvalue weighted by Crippen LogP contribution is -2.37. The van der Waals surface area contributed by atoms with Gasteiger partial charge in [0.25, 0.3) is 11.5 Å². The van der Waals surface area contributed by atoms with Crippen molar-refractivity contribution in [1.82, 2.24) is 19.4 Å². The van der Waals surface area contributed by atoms with E-state index in [0.717, 1.165) is 4.57 Å². The minimum atomic E-state index is -0.463. The van der Waals surface area contributed by atoms with Crippen LogP contribution in [-0.2, 0) is 14.1 Å². The lowest BCUT2D eigenvalue weighted by Gasteiger charge is -2.10. The number of nitrogens with zero attached hydrogens (tertiary/aromatic N) is 3. The molecule has 0 aliphatic carbocycles. The summed E-state index contributed by atoms with van der Waals surface area (Å²) < 4.78 is 2.27. The number of hydrogen-bond donors (Lipinski definition) is 1. The minimum Gasteiger partial charge on any atom is -0.350 e. The highest BCUT2D eigenvalue weighted by atomic mass is 16.2. The van der Waals surface area contributed by atoms with Crippen LogP contribution in [0.1, 0.15) is 24.2 Å². The van der Waals surface area contributed by atoms with Gasteiger partial charge in [0, 0.05) is 26.3 Å². The van der Waals surface area contributed by atoms with E-state index in [-0.39, 0.29) is 23.0 Å². The fourth-order valence-corrected chi connectivity index (χ4v) is 1.94. The summed E-state index contributed by atoms with van der Waals surface area (Å²) in [6.07, 6.45) is 1.36. The molecule has 0 unspecified atom stereocenters. The van der Waals surface area contributed by atoms with E-state index >= 15 is 0 Å². The van der Waals surface area contributed by atoms with Crippen LogP contribution in [0.15, 0.2) is 21.9 Å². The highest BCUT2D eigenvalue weighted by Gasteiger charge is 2.13. The topological polar surface area (TPSA) is 86.0 Å². The van der Waals surface area contributed by atoms with Gasteiger partial charge in [0.2, 0.25) is 0 Å². The second kappa shape index (κ2) is 4.92. The zero-order chi connectivity index (χ0) is 15.0. The molecule has 2 aromatic rings. The first-order chi connectivity index (χ1) is 9.32. The van der Waals surface area contributed by atoms with E-state index in [1.165, 1.54) is 30.9 Å². The zero-order valence-electron chi connectivity index (χ0n) is 11.8. The first kappa shape index (κ1) is 14.0. The van der Waals surface area contributed by atoms with Gasteiger partial charge in [-0.15, -0.1) is 0 Å². The fraction of sp³-hybridized carbons (Fsp3) is 0.385. The second-order valence-electron chi connectivity index (χ2n) is 4.93. The summed E-state index contributed by atoms with van der Waals surface area (Å²) in [5, 5.41) is 2.97. The molecule has 7 heteroatoms. The Balaban J connectivity index is 2.69. The Morgan fingerprint density at radius 2 is 1.90 bits per heavy atom. The molecule has 106 valence electrons. The lowest BCUT2D eigenvalue weighted by molar-refractivity contribution is 0.0943. The van der Waals surface area contributed by atoms with Crippen LogP contribution in [0.2, 0.25) is 0 Å². The number of pyridine rings is 1. The predicted molar refractivity (Wildman–Crippen MR) is 74.8 cm³/mol. The van der Waals surface area contributed by atoms with Crippen LogP contribution in [0.4, 0.5) is 0 Å². The summed E-state index contributed by atoms with van der Waals surface area (Å²) in [7, 11) is 2.93. The Labute approximate surface area is 114 Å².